The molecule has 0 aromatic carbocycles. The van der Waals surface area contributed by atoms with Crippen molar-refractivity contribution in [2.24, 2.45) is 0 Å². The first-order chi connectivity index (χ1) is 8.00. The molecular weight excluding hydrogens is 216 g/mol. The molecule has 1 N–H and O–H groups in total. The zero-order chi connectivity index (χ0) is 12.5. The Morgan fingerprint density at radius 1 is 1.41 bits per heavy atom. The molecule has 0 atom stereocenters. The molecule has 0 unspecified atom stereocenters. The Morgan fingerprint density at radius 2 is 2.18 bits per heavy atom. The van der Waals surface area contributed by atoms with Crippen LogP contribution in [0.1, 0.15) is 13.8 Å². The van der Waals surface area contributed by atoms with E-state index in [4.69, 9.17) is 0 Å². The normalized spacial score (nSPS) is 12.3. The summed E-state index contributed by atoms with van der Waals surface area (Å²) in [4.78, 5) is 6.46. The highest BCUT2D eigenvalue weighted by Crippen LogP contribution is 2.14. The molecule has 2 rings (SSSR count). The SMILES string of the molecule is CN(C)C(C)(C)CNc1nccn2cnnc12. The molecule has 0 saturated heterocycles. The first kappa shape index (κ1) is 11.8. The van der Waals surface area contributed by atoms with Crippen molar-refractivity contribution in [1.82, 2.24) is 24.5 Å². The fourth-order valence-corrected chi connectivity index (χ4v) is 1.34. The van der Waals surface area contributed by atoms with E-state index in [-0.39, 0.29) is 5.54 Å². The molecule has 0 radical (unpaired) electrons. The number of nitrogens with one attached hydrogen (secondary N) is 1. The summed E-state index contributed by atoms with van der Waals surface area (Å²) in [6.07, 6.45) is 5.23. The lowest BCUT2D eigenvalue weighted by atomic mass is 10.0. The molecular formula is C11H18N6. The topological polar surface area (TPSA) is 58.4 Å². The van der Waals surface area contributed by atoms with Crippen molar-refractivity contribution in [2.45, 2.75) is 19.4 Å². The number of nitrogens with zero attached hydrogens (tertiary/aromatic N) is 5. The second-order valence-electron chi connectivity index (χ2n) is 4.90. The average Bonchev–Trinajstić information content (AvgIpc) is 2.74. The highest BCUT2D eigenvalue weighted by Gasteiger charge is 2.20. The van der Waals surface area contributed by atoms with Crippen molar-refractivity contribution in [1.29, 1.82) is 0 Å². The number of fused-ring (bicyclic) bond motifs is 1. The Labute approximate surface area is 101 Å². The monoisotopic (exact) mass is 234 g/mol. The summed E-state index contributed by atoms with van der Waals surface area (Å²) in [5, 5.41) is 11.2. The lowest BCUT2D eigenvalue weighted by Crippen LogP contribution is -2.44. The maximum Gasteiger partial charge on any atom is 0.203 e. The Balaban J connectivity index is 2.17. The first-order valence-electron chi connectivity index (χ1n) is 5.56. The zero-order valence-electron chi connectivity index (χ0n) is 10.7. The first-order valence-corrected chi connectivity index (χ1v) is 5.56. The van der Waals surface area contributed by atoms with E-state index in [1.54, 1.807) is 12.5 Å². The van der Waals surface area contributed by atoms with Crippen LogP contribution in [0.4, 0.5) is 5.82 Å². The molecule has 0 aliphatic heterocycles. The summed E-state index contributed by atoms with van der Waals surface area (Å²) < 4.78 is 1.85. The van der Waals surface area contributed by atoms with Gasteiger partial charge in [-0.2, -0.15) is 0 Å². The second kappa shape index (κ2) is 4.29. The minimum Gasteiger partial charge on any atom is -0.365 e. The smallest absolute Gasteiger partial charge is 0.203 e. The van der Waals surface area contributed by atoms with Gasteiger partial charge >= 0.3 is 0 Å². The summed E-state index contributed by atoms with van der Waals surface area (Å²) in [6.45, 7) is 5.13. The van der Waals surface area contributed by atoms with E-state index in [9.17, 15) is 0 Å². The van der Waals surface area contributed by atoms with Gasteiger partial charge in [0.05, 0.1) is 0 Å². The molecule has 92 valence electrons. The van der Waals surface area contributed by atoms with Crippen LogP contribution in [0.25, 0.3) is 5.65 Å². The molecule has 2 aromatic rings. The van der Waals surface area contributed by atoms with Crippen LogP contribution in [-0.4, -0.2) is 50.7 Å². The van der Waals surface area contributed by atoms with Gasteiger partial charge in [0.1, 0.15) is 6.33 Å². The summed E-state index contributed by atoms with van der Waals surface area (Å²) in [5.41, 5.74) is 0.802. The lowest BCUT2D eigenvalue weighted by molar-refractivity contribution is 0.210. The highest BCUT2D eigenvalue weighted by molar-refractivity contribution is 5.61. The molecule has 6 nitrogen and oxygen atoms in total. The Hall–Kier alpha value is -1.69. The highest BCUT2D eigenvalue weighted by atomic mass is 15.3. The second-order valence-corrected chi connectivity index (χ2v) is 4.90. The molecule has 0 aliphatic rings. The maximum absolute atomic E-state index is 4.29. The lowest BCUT2D eigenvalue weighted by Gasteiger charge is -2.32. The molecule has 0 saturated carbocycles. The number of rotatable bonds is 4. The van der Waals surface area contributed by atoms with Crippen LogP contribution in [-0.2, 0) is 0 Å². The van der Waals surface area contributed by atoms with Crippen LogP contribution in [0.2, 0.25) is 0 Å². The van der Waals surface area contributed by atoms with Gasteiger partial charge in [-0.3, -0.25) is 4.40 Å². The van der Waals surface area contributed by atoms with Crippen molar-refractivity contribution < 1.29 is 0 Å². The molecule has 2 heterocycles. The fourth-order valence-electron chi connectivity index (χ4n) is 1.34. The number of hydrogen-bond acceptors (Lipinski definition) is 5. The van der Waals surface area contributed by atoms with Gasteiger partial charge in [-0.15, -0.1) is 10.2 Å². The standard InChI is InChI=1S/C11H18N6/c1-11(2,16(3)4)7-13-9-10-15-14-8-17(10)6-5-12-9/h5-6,8H,7H2,1-4H3,(H,12,13). The van der Waals surface area contributed by atoms with E-state index in [2.05, 4.69) is 53.3 Å². The van der Waals surface area contributed by atoms with Gasteiger partial charge < -0.3 is 10.2 Å². The van der Waals surface area contributed by atoms with Crippen molar-refractivity contribution in [3.05, 3.63) is 18.7 Å². The van der Waals surface area contributed by atoms with Gasteiger partial charge in [0.15, 0.2) is 5.82 Å². The Bertz CT molecular complexity index is 501. The zero-order valence-corrected chi connectivity index (χ0v) is 10.7. The van der Waals surface area contributed by atoms with Gasteiger partial charge in [0.2, 0.25) is 5.65 Å². The molecule has 0 spiro atoms. The number of hydrogen-bond donors (Lipinski definition) is 1. The van der Waals surface area contributed by atoms with E-state index < -0.39 is 0 Å². The van der Waals surface area contributed by atoms with E-state index in [0.717, 1.165) is 18.0 Å². The number of anilines is 1. The van der Waals surface area contributed by atoms with Crippen molar-refractivity contribution in [2.75, 3.05) is 26.0 Å². The van der Waals surface area contributed by atoms with Crippen LogP contribution in [0, 0.1) is 0 Å². The summed E-state index contributed by atoms with van der Waals surface area (Å²) in [7, 11) is 4.12. The summed E-state index contributed by atoms with van der Waals surface area (Å²) in [5.74, 6) is 0.764. The largest absolute Gasteiger partial charge is 0.365 e. The van der Waals surface area contributed by atoms with Crippen LogP contribution >= 0.6 is 0 Å². The third kappa shape index (κ3) is 2.36. The Morgan fingerprint density at radius 3 is 2.88 bits per heavy atom. The van der Waals surface area contributed by atoms with Crippen LogP contribution in [0.3, 0.4) is 0 Å². The van der Waals surface area contributed by atoms with Gasteiger partial charge in [-0.05, 0) is 27.9 Å². The van der Waals surface area contributed by atoms with E-state index in [1.807, 2.05) is 10.6 Å². The van der Waals surface area contributed by atoms with Crippen LogP contribution in [0.15, 0.2) is 18.7 Å². The molecule has 6 heteroatoms. The van der Waals surface area contributed by atoms with Crippen molar-refractivity contribution in [3.63, 3.8) is 0 Å². The van der Waals surface area contributed by atoms with E-state index >= 15 is 0 Å². The van der Waals surface area contributed by atoms with Gasteiger partial charge in [0.25, 0.3) is 0 Å². The molecule has 0 fully saturated rings. The van der Waals surface area contributed by atoms with Crippen LogP contribution in [0.5, 0.6) is 0 Å². The van der Waals surface area contributed by atoms with E-state index in [1.165, 1.54) is 0 Å². The minimum absolute atomic E-state index is 0.0501. The third-order valence-corrected chi connectivity index (χ3v) is 3.11. The van der Waals surface area contributed by atoms with E-state index in [0.29, 0.717) is 0 Å². The van der Waals surface area contributed by atoms with Gasteiger partial charge in [-0.25, -0.2) is 4.98 Å². The molecule has 17 heavy (non-hydrogen) atoms. The predicted molar refractivity (Wildman–Crippen MR) is 67.0 cm³/mol. The third-order valence-electron chi connectivity index (χ3n) is 3.11. The van der Waals surface area contributed by atoms with Crippen molar-refractivity contribution in [3.8, 4) is 0 Å². The van der Waals surface area contributed by atoms with Gasteiger partial charge in [0, 0.05) is 24.5 Å². The Kier molecular flexibility index (Phi) is 2.97. The van der Waals surface area contributed by atoms with Crippen LogP contribution < -0.4 is 5.32 Å². The summed E-state index contributed by atoms with van der Waals surface area (Å²) >= 11 is 0. The molecule has 2 aromatic heterocycles. The average molecular weight is 234 g/mol. The van der Waals surface area contributed by atoms with Gasteiger partial charge in [-0.1, -0.05) is 0 Å². The predicted octanol–water partition coefficient (Wildman–Crippen LogP) is 0.876. The maximum atomic E-state index is 4.29. The molecule has 0 bridgehead atoms. The number of aromatic nitrogens is 4. The minimum atomic E-state index is 0.0501. The summed E-state index contributed by atoms with van der Waals surface area (Å²) in [6, 6.07) is 0. The molecule has 0 aliphatic carbocycles. The molecule has 0 amide bonds. The fraction of sp³-hybridized carbons (Fsp3) is 0.545. The number of likely N-dealkylation sites (N-methyl/N-ethyl adjacent to an activating group) is 1. The quantitative estimate of drug-likeness (QED) is 0.851. The van der Waals surface area contributed by atoms with Crippen molar-refractivity contribution >= 4 is 11.5 Å².